The number of hydrazone groups is 1. The third-order valence-electron chi connectivity index (χ3n) is 4.80. The molecule has 0 aliphatic carbocycles. The number of amides is 2. The van der Waals surface area contributed by atoms with Gasteiger partial charge >= 0.3 is 0 Å². The summed E-state index contributed by atoms with van der Waals surface area (Å²) >= 11 is 4.78. The lowest BCUT2D eigenvalue weighted by Crippen LogP contribution is -2.26. The molecular weight excluding hydrogens is 464 g/mol. The molecule has 2 aromatic carbocycles. The first-order chi connectivity index (χ1) is 14.3. The minimum Gasteiger partial charge on any atom is -0.300 e. The molecule has 2 amide bonds. The van der Waals surface area contributed by atoms with E-state index >= 15 is 0 Å². The Morgan fingerprint density at radius 3 is 2.47 bits per heavy atom. The highest BCUT2D eigenvalue weighted by Crippen LogP contribution is 2.32. The summed E-state index contributed by atoms with van der Waals surface area (Å²) in [4.78, 5) is 30.3. The summed E-state index contributed by atoms with van der Waals surface area (Å²) in [7, 11) is 0. The average molecular weight is 483 g/mol. The fraction of sp³-hybridized carbons (Fsp3) is 0.182. The van der Waals surface area contributed by atoms with Crippen LogP contribution < -0.4 is 10.3 Å². The molecule has 0 bridgehead atoms. The molecule has 2 heterocycles. The van der Waals surface area contributed by atoms with E-state index in [-0.39, 0.29) is 11.8 Å². The van der Waals surface area contributed by atoms with Crippen LogP contribution in [0.4, 0.5) is 11.4 Å². The third-order valence-corrected chi connectivity index (χ3v) is 6.98. The number of aryl methyl sites for hydroxylation is 2. The van der Waals surface area contributed by atoms with Crippen molar-refractivity contribution in [2.24, 2.45) is 16.0 Å². The Bertz CT molecular complexity index is 1120. The van der Waals surface area contributed by atoms with Gasteiger partial charge < -0.3 is 5.32 Å². The van der Waals surface area contributed by atoms with Gasteiger partial charge in [0.2, 0.25) is 0 Å². The molecule has 30 heavy (non-hydrogen) atoms. The van der Waals surface area contributed by atoms with E-state index in [9.17, 15) is 9.59 Å². The number of carbonyl (C=O) groups is 2. The van der Waals surface area contributed by atoms with Crippen LogP contribution in [0.15, 0.2) is 68.0 Å². The molecule has 1 fully saturated rings. The van der Waals surface area contributed by atoms with Crippen molar-refractivity contribution in [2.75, 3.05) is 5.01 Å². The number of hydrogen-bond acceptors (Lipinski definition) is 5. The summed E-state index contributed by atoms with van der Waals surface area (Å²) in [6.45, 7) is 5.79. The fourth-order valence-corrected chi connectivity index (χ4v) is 4.36. The number of halogens is 1. The van der Waals surface area contributed by atoms with Crippen LogP contribution in [0.2, 0.25) is 0 Å². The number of nitrogens with zero attached hydrogens (tertiary/aromatic N) is 3. The second kappa shape index (κ2) is 8.20. The zero-order valence-electron chi connectivity index (χ0n) is 16.6. The lowest BCUT2D eigenvalue weighted by molar-refractivity contribution is -0.118. The summed E-state index contributed by atoms with van der Waals surface area (Å²) in [6.07, 6.45) is 1.67. The van der Waals surface area contributed by atoms with E-state index in [2.05, 4.69) is 31.3 Å². The van der Waals surface area contributed by atoms with E-state index < -0.39 is 5.92 Å². The highest BCUT2D eigenvalue weighted by molar-refractivity contribution is 9.10. The first-order valence-corrected chi connectivity index (χ1v) is 10.9. The highest BCUT2D eigenvalue weighted by atomic mass is 79.9. The Kier molecular flexibility index (Phi) is 5.62. The first kappa shape index (κ1) is 20.6. The van der Waals surface area contributed by atoms with E-state index in [1.165, 1.54) is 16.8 Å². The molecule has 1 saturated heterocycles. The summed E-state index contributed by atoms with van der Waals surface area (Å²) < 4.78 is 1.05. The highest BCUT2D eigenvalue weighted by Gasteiger charge is 2.35. The predicted octanol–water partition coefficient (Wildman–Crippen LogP) is 4.84. The van der Waals surface area contributed by atoms with Crippen LogP contribution in [0.5, 0.6) is 0 Å². The number of para-hydroxylation sites is 1. The molecule has 152 valence electrons. The normalized spacial score (nSPS) is 21.5. The van der Waals surface area contributed by atoms with E-state index in [0.29, 0.717) is 21.5 Å². The number of rotatable bonds is 3. The molecular formula is C22H19BrN4O2S. The number of carbonyl (C=O) groups excluding carboxylic acids is 2. The second-order valence-corrected chi connectivity index (χ2v) is 8.93. The minimum atomic E-state index is -0.574. The van der Waals surface area contributed by atoms with Crippen molar-refractivity contribution in [1.82, 2.24) is 5.32 Å². The van der Waals surface area contributed by atoms with Crippen LogP contribution in [0.3, 0.4) is 0 Å². The maximum Gasteiger partial charge on any atom is 0.263 e. The molecule has 6 nitrogen and oxygen atoms in total. The van der Waals surface area contributed by atoms with Crippen LogP contribution in [0, 0.1) is 19.8 Å². The quantitative estimate of drug-likeness (QED) is 0.635. The van der Waals surface area contributed by atoms with Gasteiger partial charge in [-0.15, -0.1) is 0 Å². The van der Waals surface area contributed by atoms with Gasteiger partial charge in [0.05, 0.1) is 27.9 Å². The molecule has 0 radical (unpaired) electrons. The molecule has 0 spiro atoms. The summed E-state index contributed by atoms with van der Waals surface area (Å²) in [5, 5.41) is 9.04. The fourth-order valence-electron chi connectivity index (χ4n) is 3.28. The lowest BCUT2D eigenvalue weighted by Gasteiger charge is -2.12. The van der Waals surface area contributed by atoms with Gasteiger partial charge in [0, 0.05) is 4.47 Å². The van der Waals surface area contributed by atoms with Crippen molar-refractivity contribution in [3.63, 3.8) is 0 Å². The van der Waals surface area contributed by atoms with Crippen molar-refractivity contribution in [2.45, 2.75) is 20.8 Å². The zero-order valence-corrected chi connectivity index (χ0v) is 19.0. The van der Waals surface area contributed by atoms with Crippen LogP contribution in [0.1, 0.15) is 18.1 Å². The van der Waals surface area contributed by atoms with Gasteiger partial charge in [0.25, 0.3) is 11.8 Å². The van der Waals surface area contributed by atoms with Crippen molar-refractivity contribution in [1.29, 1.82) is 0 Å². The smallest absolute Gasteiger partial charge is 0.263 e. The number of thioether (sulfide) groups is 1. The van der Waals surface area contributed by atoms with Crippen molar-refractivity contribution >= 4 is 61.8 Å². The van der Waals surface area contributed by atoms with Gasteiger partial charge in [-0.25, -0.2) is 4.99 Å². The monoisotopic (exact) mass is 482 g/mol. The topological polar surface area (TPSA) is 74.1 Å². The molecule has 2 aliphatic heterocycles. The van der Waals surface area contributed by atoms with E-state index in [1.807, 2.05) is 56.3 Å². The van der Waals surface area contributed by atoms with Gasteiger partial charge in [-0.05, 0) is 74.0 Å². The number of nitrogens with one attached hydrogen (secondary N) is 1. The first-order valence-electron chi connectivity index (χ1n) is 9.34. The Hall–Kier alpha value is -2.71. The maximum atomic E-state index is 12.9. The number of amidine groups is 1. The largest absolute Gasteiger partial charge is 0.300 e. The lowest BCUT2D eigenvalue weighted by atomic mass is 10.0. The molecule has 1 N–H and O–H groups in total. The molecule has 0 aromatic heterocycles. The third kappa shape index (κ3) is 3.97. The van der Waals surface area contributed by atoms with Gasteiger partial charge in [-0.2, -0.15) is 10.1 Å². The van der Waals surface area contributed by atoms with E-state index in [0.717, 1.165) is 21.3 Å². The molecule has 2 aromatic rings. The average Bonchev–Trinajstić information content (AvgIpc) is 3.20. The SMILES string of the molecule is CC1=NN(c2ccccc2)C(=O)[C@H]1/C=C1\SC(=Nc2cc(C)c(Br)c(C)c2)NC1=O. The van der Waals surface area contributed by atoms with Crippen LogP contribution >= 0.6 is 27.7 Å². The van der Waals surface area contributed by atoms with Crippen molar-refractivity contribution in [3.8, 4) is 0 Å². The standard InChI is InChI=1S/C22H19BrN4O2S/c1-12-9-15(10-13(2)19(12)23)24-22-25-20(28)18(30-22)11-17-14(3)26-27(21(17)29)16-7-5-4-6-8-16/h4-11,17H,1-3H3,(H,24,25,28)/b18-11-/t17-/m0/s1. The molecule has 0 unspecified atom stereocenters. The molecule has 1 atom stereocenters. The van der Waals surface area contributed by atoms with Gasteiger partial charge in [0.15, 0.2) is 5.17 Å². The summed E-state index contributed by atoms with van der Waals surface area (Å²) in [5.41, 5.74) is 4.26. The van der Waals surface area contributed by atoms with Crippen LogP contribution in [-0.2, 0) is 9.59 Å². The molecule has 8 heteroatoms. The number of hydrogen-bond donors (Lipinski definition) is 1. The van der Waals surface area contributed by atoms with Gasteiger partial charge in [-0.1, -0.05) is 34.1 Å². The van der Waals surface area contributed by atoms with Crippen molar-refractivity contribution < 1.29 is 9.59 Å². The Morgan fingerprint density at radius 2 is 1.80 bits per heavy atom. The van der Waals surface area contributed by atoms with E-state index in [1.54, 1.807) is 13.0 Å². The van der Waals surface area contributed by atoms with Crippen LogP contribution in [-0.4, -0.2) is 22.7 Å². The number of aliphatic imine (C=N–C) groups is 1. The van der Waals surface area contributed by atoms with Crippen molar-refractivity contribution in [3.05, 3.63) is 69.0 Å². The summed E-state index contributed by atoms with van der Waals surface area (Å²) in [5.74, 6) is -1.01. The molecule has 4 rings (SSSR count). The second-order valence-electron chi connectivity index (χ2n) is 7.10. The van der Waals surface area contributed by atoms with Crippen LogP contribution in [0.25, 0.3) is 0 Å². The maximum absolute atomic E-state index is 12.9. The Labute approximate surface area is 187 Å². The van der Waals surface area contributed by atoms with E-state index in [4.69, 9.17) is 0 Å². The van der Waals surface area contributed by atoms with Gasteiger partial charge in [0.1, 0.15) is 0 Å². The summed E-state index contributed by atoms with van der Waals surface area (Å²) in [6, 6.07) is 13.2. The molecule has 0 saturated carbocycles. The number of anilines is 1. The van der Waals surface area contributed by atoms with Gasteiger partial charge in [-0.3, -0.25) is 9.59 Å². The number of benzene rings is 2. The Balaban J connectivity index is 1.56. The minimum absolute atomic E-state index is 0.177. The Morgan fingerprint density at radius 1 is 1.13 bits per heavy atom. The zero-order chi connectivity index (χ0) is 21.4. The molecule has 2 aliphatic rings. The predicted molar refractivity (Wildman–Crippen MR) is 125 cm³/mol.